The molecule has 0 saturated carbocycles. The molecule has 0 aliphatic rings. The van der Waals surface area contributed by atoms with Crippen molar-refractivity contribution in [1.29, 1.82) is 0 Å². The van der Waals surface area contributed by atoms with Crippen molar-refractivity contribution in [3.8, 4) is 11.5 Å². The number of fused-ring (bicyclic) bond motifs is 1. The molecule has 93 valence electrons. The normalized spacial score (nSPS) is 10.6. The lowest BCUT2D eigenvalue weighted by Gasteiger charge is -2.09. The van der Waals surface area contributed by atoms with Crippen molar-refractivity contribution in [1.82, 2.24) is 0 Å². The molecule has 0 aliphatic heterocycles. The summed E-state index contributed by atoms with van der Waals surface area (Å²) in [6.45, 7) is 0. The predicted octanol–water partition coefficient (Wildman–Crippen LogP) is 5.74. The Morgan fingerprint density at radius 2 is 1.84 bits per heavy atom. The molecule has 0 aromatic heterocycles. The quantitative estimate of drug-likeness (QED) is 0.584. The fourth-order valence-corrected chi connectivity index (χ4v) is 2.18. The van der Waals surface area contributed by atoms with E-state index in [-0.39, 0.29) is 0 Å². The molecule has 0 saturated heterocycles. The van der Waals surface area contributed by atoms with Gasteiger partial charge < -0.3 is 4.74 Å². The molecule has 0 N–H and O–H groups in total. The molecule has 3 rings (SSSR count). The van der Waals surface area contributed by atoms with Gasteiger partial charge in [0.25, 0.3) is 0 Å². The minimum atomic E-state index is 0.420. The van der Waals surface area contributed by atoms with Crippen LogP contribution in [0, 0.1) is 6.07 Å². The van der Waals surface area contributed by atoms with Gasteiger partial charge in [-0.25, -0.2) is 0 Å². The first-order valence-corrected chi connectivity index (χ1v) is 6.52. The van der Waals surface area contributed by atoms with Gasteiger partial charge in [0.15, 0.2) is 0 Å². The van der Waals surface area contributed by atoms with Crippen LogP contribution in [0.5, 0.6) is 11.5 Å². The summed E-state index contributed by atoms with van der Waals surface area (Å²) in [5.41, 5.74) is 0. The second-order valence-corrected chi connectivity index (χ2v) is 4.86. The lowest BCUT2D eigenvalue weighted by molar-refractivity contribution is 0.484. The smallest absolute Gasteiger partial charge is 0.147 e. The van der Waals surface area contributed by atoms with E-state index in [2.05, 4.69) is 6.07 Å². The van der Waals surface area contributed by atoms with Crippen LogP contribution in [0.3, 0.4) is 0 Å². The van der Waals surface area contributed by atoms with Crippen LogP contribution < -0.4 is 4.74 Å². The molecule has 3 aromatic carbocycles. The maximum atomic E-state index is 6.10. The first-order valence-electron chi connectivity index (χ1n) is 5.76. The van der Waals surface area contributed by atoms with E-state index < -0.39 is 0 Å². The van der Waals surface area contributed by atoms with E-state index in [4.69, 9.17) is 27.9 Å². The Hall–Kier alpha value is -1.70. The van der Waals surface area contributed by atoms with Gasteiger partial charge in [0.1, 0.15) is 16.5 Å². The average Bonchev–Trinajstić information content (AvgIpc) is 2.44. The molecule has 3 aromatic rings. The van der Waals surface area contributed by atoms with Crippen molar-refractivity contribution in [3.05, 3.63) is 70.7 Å². The molecule has 0 amide bonds. The highest BCUT2D eigenvalue weighted by molar-refractivity contribution is 6.42. The Morgan fingerprint density at radius 3 is 2.74 bits per heavy atom. The Balaban J connectivity index is 1.99. The van der Waals surface area contributed by atoms with E-state index >= 15 is 0 Å². The Morgan fingerprint density at radius 1 is 0.947 bits per heavy atom. The van der Waals surface area contributed by atoms with Crippen LogP contribution in [0.25, 0.3) is 10.8 Å². The number of halogens is 2. The number of hydrogen-bond acceptors (Lipinski definition) is 1. The highest BCUT2D eigenvalue weighted by atomic mass is 35.5. The van der Waals surface area contributed by atoms with Crippen LogP contribution in [0.15, 0.2) is 54.6 Å². The van der Waals surface area contributed by atoms with Gasteiger partial charge in [-0.2, -0.15) is 0 Å². The minimum absolute atomic E-state index is 0.420. The standard InChI is InChI=1S/C16H9Cl2O/c17-14-6-3-7-15(16(14)18)19-13-9-8-11-4-1-2-5-12(11)10-13/h1-3,5-10H. The summed E-state index contributed by atoms with van der Waals surface area (Å²) in [6, 6.07) is 20.1. The van der Waals surface area contributed by atoms with Crippen LogP contribution in [0.2, 0.25) is 10.0 Å². The van der Waals surface area contributed by atoms with E-state index in [1.807, 2.05) is 36.4 Å². The monoisotopic (exact) mass is 287 g/mol. The van der Waals surface area contributed by atoms with Gasteiger partial charge in [-0.3, -0.25) is 0 Å². The zero-order valence-corrected chi connectivity index (χ0v) is 11.4. The largest absolute Gasteiger partial charge is 0.456 e. The van der Waals surface area contributed by atoms with Gasteiger partial charge in [0, 0.05) is 0 Å². The summed E-state index contributed by atoms with van der Waals surface area (Å²) < 4.78 is 5.77. The second kappa shape index (κ2) is 5.12. The van der Waals surface area contributed by atoms with E-state index in [9.17, 15) is 0 Å². The molecule has 3 heteroatoms. The molecule has 0 heterocycles. The van der Waals surface area contributed by atoms with E-state index in [1.165, 1.54) is 0 Å². The molecule has 0 fully saturated rings. The van der Waals surface area contributed by atoms with E-state index in [0.29, 0.717) is 15.8 Å². The SMILES string of the molecule is Clc1cccc(Oc2ccc3[c]cccc3c2)c1Cl. The fourth-order valence-electron chi connectivity index (χ4n) is 1.85. The zero-order chi connectivity index (χ0) is 13.2. The number of hydrogen-bond donors (Lipinski definition) is 0. The number of ether oxygens (including phenoxy) is 1. The summed E-state index contributed by atoms with van der Waals surface area (Å²) in [7, 11) is 0. The van der Waals surface area contributed by atoms with Crippen molar-refractivity contribution < 1.29 is 4.74 Å². The van der Waals surface area contributed by atoms with Gasteiger partial charge in [-0.15, -0.1) is 0 Å². The van der Waals surface area contributed by atoms with Crippen LogP contribution in [0.1, 0.15) is 0 Å². The van der Waals surface area contributed by atoms with Gasteiger partial charge in [0.05, 0.1) is 5.02 Å². The summed E-state index contributed by atoms with van der Waals surface area (Å²) in [4.78, 5) is 0. The molecule has 0 aliphatic carbocycles. The number of benzene rings is 3. The van der Waals surface area contributed by atoms with Crippen LogP contribution >= 0.6 is 23.2 Å². The molecule has 0 spiro atoms. The van der Waals surface area contributed by atoms with Gasteiger partial charge in [-0.1, -0.05) is 53.5 Å². The maximum Gasteiger partial charge on any atom is 0.147 e. The summed E-state index contributed by atoms with van der Waals surface area (Å²) in [5, 5.41) is 3.02. The maximum absolute atomic E-state index is 6.10. The molecular weight excluding hydrogens is 279 g/mol. The average molecular weight is 288 g/mol. The van der Waals surface area contributed by atoms with Crippen LogP contribution in [-0.4, -0.2) is 0 Å². The Kier molecular flexibility index (Phi) is 3.33. The second-order valence-electron chi connectivity index (χ2n) is 4.07. The van der Waals surface area contributed by atoms with Gasteiger partial charge >= 0.3 is 0 Å². The van der Waals surface area contributed by atoms with Crippen molar-refractivity contribution >= 4 is 34.0 Å². The van der Waals surface area contributed by atoms with Crippen molar-refractivity contribution in [2.24, 2.45) is 0 Å². The van der Waals surface area contributed by atoms with Crippen molar-refractivity contribution in [3.63, 3.8) is 0 Å². The molecule has 19 heavy (non-hydrogen) atoms. The lowest BCUT2D eigenvalue weighted by Crippen LogP contribution is -1.86. The summed E-state index contributed by atoms with van der Waals surface area (Å²) in [5.74, 6) is 1.27. The predicted molar refractivity (Wildman–Crippen MR) is 79.3 cm³/mol. The first-order chi connectivity index (χ1) is 9.24. The van der Waals surface area contributed by atoms with Gasteiger partial charge in [0.2, 0.25) is 0 Å². The zero-order valence-electron chi connectivity index (χ0n) is 9.86. The third-order valence-corrected chi connectivity index (χ3v) is 3.58. The molecule has 0 bridgehead atoms. The lowest BCUT2D eigenvalue weighted by atomic mass is 10.1. The third kappa shape index (κ3) is 2.53. The highest BCUT2D eigenvalue weighted by Crippen LogP contribution is 2.35. The van der Waals surface area contributed by atoms with Crippen LogP contribution in [0.4, 0.5) is 0 Å². The highest BCUT2D eigenvalue weighted by Gasteiger charge is 2.06. The number of rotatable bonds is 2. The van der Waals surface area contributed by atoms with E-state index in [1.54, 1.807) is 18.2 Å². The van der Waals surface area contributed by atoms with Crippen LogP contribution in [-0.2, 0) is 0 Å². The third-order valence-electron chi connectivity index (χ3n) is 2.78. The molecule has 0 atom stereocenters. The first kappa shape index (κ1) is 12.3. The Labute approximate surface area is 121 Å². The summed E-state index contributed by atoms with van der Waals surface area (Å²) in [6.07, 6.45) is 0. The molecular formula is C16H9Cl2O. The molecule has 0 unspecified atom stereocenters. The molecule has 1 nitrogen and oxygen atoms in total. The minimum Gasteiger partial charge on any atom is -0.456 e. The Bertz CT molecular complexity index is 738. The van der Waals surface area contributed by atoms with Crippen molar-refractivity contribution in [2.45, 2.75) is 0 Å². The molecule has 1 radical (unpaired) electrons. The fraction of sp³-hybridized carbons (Fsp3) is 0. The van der Waals surface area contributed by atoms with E-state index in [0.717, 1.165) is 16.5 Å². The van der Waals surface area contributed by atoms with Gasteiger partial charge in [-0.05, 0) is 41.1 Å². The summed E-state index contributed by atoms with van der Waals surface area (Å²) >= 11 is 12.1. The van der Waals surface area contributed by atoms with Crippen molar-refractivity contribution in [2.75, 3.05) is 0 Å². The topological polar surface area (TPSA) is 9.23 Å².